The Bertz CT molecular complexity index is 908. The van der Waals surface area contributed by atoms with E-state index in [2.05, 4.69) is 29.4 Å². The van der Waals surface area contributed by atoms with Crippen LogP contribution in [-0.4, -0.2) is 26.8 Å². The number of carbonyl (C=O) groups is 1. The number of fused-ring (bicyclic) bond motifs is 1. The lowest BCUT2D eigenvalue weighted by molar-refractivity contribution is 0.0927. The Morgan fingerprint density at radius 3 is 2.43 bits per heavy atom. The summed E-state index contributed by atoms with van der Waals surface area (Å²) in [5, 5.41) is 14.6. The summed E-state index contributed by atoms with van der Waals surface area (Å²) in [6.07, 6.45) is 7.81. The van der Waals surface area contributed by atoms with Crippen molar-refractivity contribution in [1.29, 1.82) is 0 Å². The third kappa shape index (κ3) is 4.39. The van der Waals surface area contributed by atoms with E-state index in [9.17, 15) is 9.90 Å². The largest absolute Gasteiger partial charge is 0.393 e. The minimum atomic E-state index is -0.420. The number of benzene rings is 2. The summed E-state index contributed by atoms with van der Waals surface area (Å²) < 4.78 is 1.71. The molecule has 1 aliphatic carbocycles. The van der Waals surface area contributed by atoms with Gasteiger partial charge in [0.1, 0.15) is 0 Å². The highest BCUT2D eigenvalue weighted by Gasteiger charge is 2.22. The van der Waals surface area contributed by atoms with Gasteiger partial charge in [-0.25, -0.2) is 4.68 Å². The molecule has 3 aromatic rings. The molecule has 2 aromatic carbocycles. The van der Waals surface area contributed by atoms with Crippen LogP contribution in [0.3, 0.4) is 0 Å². The number of aliphatic hydroxyl groups is 1. The SMILES string of the molecule is O=C(CC[C@H](O)CCC1Cc2ccccc2C1)c1cnn(-c2ccccc2)c1. The van der Waals surface area contributed by atoms with Crippen LogP contribution in [0.15, 0.2) is 67.0 Å². The Morgan fingerprint density at radius 2 is 1.71 bits per heavy atom. The predicted octanol–water partition coefficient (Wildman–Crippen LogP) is 4.39. The molecule has 0 bridgehead atoms. The second-order valence-corrected chi connectivity index (χ2v) is 7.75. The summed E-state index contributed by atoms with van der Waals surface area (Å²) >= 11 is 0. The maximum absolute atomic E-state index is 12.4. The van der Waals surface area contributed by atoms with E-state index in [4.69, 9.17) is 0 Å². The average Bonchev–Trinajstić information content (AvgIpc) is 3.38. The molecule has 0 radical (unpaired) electrons. The Balaban J connectivity index is 1.22. The van der Waals surface area contributed by atoms with Crippen LogP contribution in [0.2, 0.25) is 0 Å². The monoisotopic (exact) mass is 374 g/mol. The zero-order chi connectivity index (χ0) is 19.3. The minimum absolute atomic E-state index is 0.0366. The smallest absolute Gasteiger partial charge is 0.166 e. The zero-order valence-electron chi connectivity index (χ0n) is 16.0. The standard InChI is InChI=1S/C24H26N2O2/c27-23(11-10-18-14-19-6-4-5-7-20(19)15-18)12-13-24(28)21-16-25-26(17-21)22-8-2-1-3-9-22/h1-9,16-18,23,27H,10-15H2/t23-/m1/s1. The Labute approximate surface area is 165 Å². The summed E-state index contributed by atoms with van der Waals surface area (Å²) in [7, 11) is 0. The summed E-state index contributed by atoms with van der Waals surface area (Å²) in [5.74, 6) is 0.654. The van der Waals surface area contributed by atoms with Gasteiger partial charge in [0.15, 0.2) is 5.78 Å². The fraction of sp³-hybridized carbons (Fsp3) is 0.333. The molecule has 4 heteroatoms. The van der Waals surface area contributed by atoms with Gasteiger partial charge in [0, 0.05) is 12.6 Å². The Hall–Kier alpha value is -2.72. The third-order valence-corrected chi connectivity index (χ3v) is 5.67. The van der Waals surface area contributed by atoms with E-state index in [1.807, 2.05) is 30.3 Å². The third-order valence-electron chi connectivity index (χ3n) is 5.67. The molecule has 0 spiro atoms. The number of carbonyl (C=O) groups excluding carboxylic acids is 1. The highest BCUT2D eigenvalue weighted by Crippen LogP contribution is 2.30. The van der Waals surface area contributed by atoms with Gasteiger partial charge in [0.2, 0.25) is 0 Å². The van der Waals surface area contributed by atoms with Gasteiger partial charge in [-0.05, 0) is 61.3 Å². The number of aromatic nitrogens is 2. The van der Waals surface area contributed by atoms with Gasteiger partial charge in [-0.2, -0.15) is 5.10 Å². The van der Waals surface area contributed by atoms with E-state index in [1.165, 1.54) is 11.1 Å². The van der Waals surface area contributed by atoms with Crippen molar-refractivity contribution in [3.8, 4) is 5.69 Å². The number of rotatable bonds is 8. The van der Waals surface area contributed by atoms with Crippen molar-refractivity contribution in [2.45, 2.75) is 44.6 Å². The minimum Gasteiger partial charge on any atom is -0.393 e. The zero-order valence-corrected chi connectivity index (χ0v) is 16.0. The Morgan fingerprint density at radius 1 is 1.04 bits per heavy atom. The molecule has 0 aliphatic heterocycles. The van der Waals surface area contributed by atoms with Crippen molar-refractivity contribution < 1.29 is 9.90 Å². The van der Waals surface area contributed by atoms with Crippen LogP contribution in [0.1, 0.15) is 47.2 Å². The molecule has 1 heterocycles. The summed E-state index contributed by atoms with van der Waals surface area (Å²) in [4.78, 5) is 12.4. The van der Waals surface area contributed by atoms with Gasteiger partial charge in [0.25, 0.3) is 0 Å². The second kappa shape index (κ2) is 8.53. The molecule has 1 atom stereocenters. The quantitative estimate of drug-likeness (QED) is 0.595. The number of nitrogens with zero attached hydrogens (tertiary/aromatic N) is 2. The maximum Gasteiger partial charge on any atom is 0.166 e. The molecular formula is C24H26N2O2. The first kappa shape index (κ1) is 18.6. The molecule has 144 valence electrons. The molecule has 0 saturated heterocycles. The van der Waals surface area contributed by atoms with Crippen molar-refractivity contribution >= 4 is 5.78 Å². The van der Waals surface area contributed by atoms with Crippen LogP contribution in [0.5, 0.6) is 0 Å². The topological polar surface area (TPSA) is 55.1 Å². The fourth-order valence-electron chi connectivity index (χ4n) is 4.06. The molecule has 4 rings (SSSR count). The summed E-state index contributed by atoms with van der Waals surface area (Å²) in [6.45, 7) is 0. The number of ketones is 1. The van der Waals surface area contributed by atoms with Gasteiger partial charge < -0.3 is 5.11 Å². The van der Waals surface area contributed by atoms with E-state index >= 15 is 0 Å². The predicted molar refractivity (Wildman–Crippen MR) is 110 cm³/mol. The molecule has 0 fully saturated rings. The van der Waals surface area contributed by atoms with Crippen LogP contribution < -0.4 is 0 Å². The molecule has 4 nitrogen and oxygen atoms in total. The summed E-state index contributed by atoms with van der Waals surface area (Å²) in [5.41, 5.74) is 4.43. The van der Waals surface area contributed by atoms with Crippen LogP contribution in [0, 0.1) is 5.92 Å². The average molecular weight is 374 g/mol. The van der Waals surface area contributed by atoms with Crippen molar-refractivity contribution in [3.05, 3.63) is 83.7 Å². The maximum atomic E-state index is 12.4. The van der Waals surface area contributed by atoms with Gasteiger partial charge in [-0.3, -0.25) is 4.79 Å². The van der Waals surface area contributed by atoms with E-state index in [0.717, 1.165) is 31.4 Å². The number of hydrogen-bond acceptors (Lipinski definition) is 3. The van der Waals surface area contributed by atoms with E-state index in [0.29, 0.717) is 24.3 Å². The lowest BCUT2D eigenvalue weighted by Gasteiger charge is -2.13. The number of Topliss-reactive ketones (excluding diaryl/α,β-unsaturated/α-hetero) is 1. The molecule has 0 saturated carbocycles. The van der Waals surface area contributed by atoms with Gasteiger partial charge in [0.05, 0.1) is 23.6 Å². The van der Waals surface area contributed by atoms with Gasteiger partial charge in [-0.1, -0.05) is 42.5 Å². The van der Waals surface area contributed by atoms with Gasteiger partial charge >= 0.3 is 0 Å². The van der Waals surface area contributed by atoms with E-state index in [1.54, 1.807) is 17.1 Å². The fourth-order valence-corrected chi connectivity index (χ4v) is 4.06. The molecule has 1 aromatic heterocycles. The molecule has 28 heavy (non-hydrogen) atoms. The Kier molecular flexibility index (Phi) is 5.68. The van der Waals surface area contributed by atoms with Gasteiger partial charge in [-0.15, -0.1) is 0 Å². The van der Waals surface area contributed by atoms with Crippen LogP contribution in [0.4, 0.5) is 0 Å². The van der Waals surface area contributed by atoms with Crippen molar-refractivity contribution in [2.75, 3.05) is 0 Å². The highest BCUT2D eigenvalue weighted by molar-refractivity contribution is 5.95. The van der Waals surface area contributed by atoms with Crippen LogP contribution in [-0.2, 0) is 12.8 Å². The van der Waals surface area contributed by atoms with Crippen LogP contribution >= 0.6 is 0 Å². The second-order valence-electron chi connectivity index (χ2n) is 7.75. The first-order valence-corrected chi connectivity index (χ1v) is 10.1. The van der Waals surface area contributed by atoms with Crippen molar-refractivity contribution in [1.82, 2.24) is 9.78 Å². The molecule has 1 aliphatic rings. The van der Waals surface area contributed by atoms with Crippen LogP contribution in [0.25, 0.3) is 5.69 Å². The number of hydrogen-bond donors (Lipinski definition) is 1. The van der Waals surface area contributed by atoms with Crippen molar-refractivity contribution in [3.63, 3.8) is 0 Å². The molecule has 0 amide bonds. The number of para-hydroxylation sites is 1. The molecular weight excluding hydrogens is 348 g/mol. The van der Waals surface area contributed by atoms with E-state index < -0.39 is 6.10 Å². The summed E-state index contributed by atoms with van der Waals surface area (Å²) in [6, 6.07) is 18.3. The highest BCUT2D eigenvalue weighted by atomic mass is 16.3. The molecule has 1 N–H and O–H groups in total. The molecule has 0 unspecified atom stereocenters. The van der Waals surface area contributed by atoms with E-state index in [-0.39, 0.29) is 5.78 Å². The number of aliphatic hydroxyl groups excluding tert-OH is 1. The normalized spacial score (nSPS) is 14.8. The first-order chi connectivity index (χ1) is 13.7. The van der Waals surface area contributed by atoms with Crippen molar-refractivity contribution in [2.24, 2.45) is 5.92 Å². The lowest BCUT2D eigenvalue weighted by Crippen LogP contribution is -2.12. The first-order valence-electron chi connectivity index (χ1n) is 10.1. The lowest BCUT2D eigenvalue weighted by atomic mass is 9.96.